The minimum absolute atomic E-state index is 0. The first-order valence-corrected chi connectivity index (χ1v) is 6.02. The van der Waals surface area contributed by atoms with Gasteiger partial charge in [0.1, 0.15) is 0 Å². The second-order valence-electron chi connectivity index (χ2n) is 2.72. The number of rotatable bonds is 2. The van der Waals surface area contributed by atoms with Crippen molar-refractivity contribution in [3.63, 3.8) is 0 Å². The number of halogens is 1. The minimum atomic E-state index is -0.311. The summed E-state index contributed by atoms with van der Waals surface area (Å²) in [7, 11) is 0. The third-order valence-electron chi connectivity index (χ3n) is 1.66. The fraction of sp³-hybridized carbons (Fsp3) is 0.250. The maximum absolute atomic E-state index is 10.6. The summed E-state index contributed by atoms with van der Waals surface area (Å²) in [5, 5.41) is 10.6. The van der Waals surface area contributed by atoms with E-state index in [-0.39, 0.29) is 27.6 Å². The first-order chi connectivity index (χ1) is 5.63. The summed E-state index contributed by atoms with van der Waals surface area (Å²) < 4.78 is 0.371. The zero-order valence-corrected chi connectivity index (χ0v) is 12.9. The Kier molecular flexibility index (Phi) is 5.70. The first kappa shape index (κ1) is 13.0. The molecule has 0 amide bonds. The van der Waals surface area contributed by atoms with Crippen molar-refractivity contribution in [1.82, 2.24) is 0 Å². The van der Waals surface area contributed by atoms with Crippen molar-refractivity contribution in [2.24, 2.45) is 0 Å². The molecule has 3 nitrogen and oxygen atoms in total. The number of hydrogen-bond donors (Lipinski definition) is 0. The van der Waals surface area contributed by atoms with E-state index >= 15 is 0 Å². The minimum Gasteiger partial charge on any atom is -1.00 e. The number of hydrogen-bond acceptors (Lipinski definition) is 2. The summed E-state index contributed by atoms with van der Waals surface area (Å²) >= 11 is 0.722. The molecule has 1 unspecified atom stereocenters. The van der Waals surface area contributed by atoms with Crippen LogP contribution in [0.3, 0.4) is 0 Å². The average Bonchev–Trinajstić information content (AvgIpc) is 2.04. The van der Waals surface area contributed by atoms with Crippen LogP contribution in [0.15, 0.2) is 24.3 Å². The van der Waals surface area contributed by atoms with Gasteiger partial charge in [-0.15, -0.1) is 0 Å². The van der Waals surface area contributed by atoms with Crippen LogP contribution in [0.5, 0.6) is 0 Å². The van der Waals surface area contributed by atoms with Gasteiger partial charge >= 0.3 is 86.7 Å². The van der Waals surface area contributed by atoms with Crippen molar-refractivity contribution in [2.45, 2.75) is 10.4 Å². The predicted octanol–water partition coefficient (Wildman–Crippen LogP) is -0.793. The molecule has 0 fully saturated rings. The van der Waals surface area contributed by atoms with E-state index in [1.54, 1.807) is 12.1 Å². The Hall–Kier alpha value is 0.0221. The third-order valence-corrected chi connectivity index (χ3v) is 2.92. The maximum Gasteiger partial charge on any atom is -1.00 e. The van der Waals surface area contributed by atoms with E-state index in [1.807, 2.05) is 19.1 Å². The molecule has 0 spiro atoms. The molecule has 0 heterocycles. The van der Waals surface area contributed by atoms with Crippen LogP contribution in [0.1, 0.15) is 16.0 Å². The van der Waals surface area contributed by atoms with Gasteiger partial charge in [0.25, 0.3) is 0 Å². The van der Waals surface area contributed by atoms with Gasteiger partial charge in [-0.1, -0.05) is 0 Å². The molecule has 13 heavy (non-hydrogen) atoms. The molecular weight excluding hydrogens is 334 g/mol. The fourth-order valence-electron chi connectivity index (χ4n) is 1.07. The van der Waals surface area contributed by atoms with Crippen LogP contribution in [-0.4, -0.2) is 4.92 Å². The Bertz CT molecular complexity index is 304. The van der Waals surface area contributed by atoms with Crippen molar-refractivity contribution >= 4 is 5.69 Å². The zero-order chi connectivity index (χ0) is 9.14. The standard InChI is InChI=1S/C8H8NO2.BrH.Cd/c1-2-7-5-3-4-6-8(7)9(10)11;;/h2-6H,1H3;1H;/p-1. The SMILES string of the molecule is C[CH]([Cd])c1ccccc1[N+](=O)[O-].[Br-]. The molecule has 0 N–H and O–H groups in total. The van der Waals surface area contributed by atoms with Crippen LogP contribution < -0.4 is 17.0 Å². The summed E-state index contributed by atoms with van der Waals surface area (Å²) in [5.74, 6) is 0. The summed E-state index contributed by atoms with van der Waals surface area (Å²) in [6.07, 6.45) is 0. The number of benzene rings is 1. The first-order valence-electron chi connectivity index (χ1n) is 3.69. The van der Waals surface area contributed by atoms with E-state index in [0.717, 1.165) is 31.3 Å². The summed E-state index contributed by atoms with van der Waals surface area (Å²) in [5.41, 5.74) is 1.13. The second-order valence-corrected chi connectivity index (χ2v) is 6.21. The predicted molar refractivity (Wildman–Crippen MR) is 41.5 cm³/mol. The number of para-hydroxylation sites is 1. The normalized spacial score (nSPS) is 11.6. The van der Waals surface area contributed by atoms with Gasteiger partial charge in [0.2, 0.25) is 0 Å². The maximum atomic E-state index is 10.6. The Labute approximate surface area is 103 Å². The van der Waals surface area contributed by atoms with Gasteiger partial charge in [-0.05, 0) is 0 Å². The Morgan fingerprint density at radius 1 is 1.46 bits per heavy atom. The fourth-order valence-corrected chi connectivity index (χ4v) is 2.06. The van der Waals surface area contributed by atoms with E-state index < -0.39 is 0 Å². The number of nitro groups is 1. The van der Waals surface area contributed by atoms with Crippen molar-refractivity contribution in [3.8, 4) is 0 Å². The second kappa shape index (κ2) is 5.69. The van der Waals surface area contributed by atoms with Crippen molar-refractivity contribution in [1.29, 1.82) is 0 Å². The molecule has 67 valence electrons. The van der Waals surface area contributed by atoms with Gasteiger partial charge < -0.3 is 17.0 Å². The third kappa shape index (κ3) is 3.34. The van der Waals surface area contributed by atoms with Crippen LogP contribution in [0.4, 0.5) is 5.69 Å². The van der Waals surface area contributed by atoms with Crippen LogP contribution in [0, 0.1) is 10.1 Å². The monoisotopic (exact) mass is 343 g/mol. The van der Waals surface area contributed by atoms with Crippen LogP contribution in [0.25, 0.3) is 0 Å². The molecule has 1 aromatic carbocycles. The van der Waals surface area contributed by atoms with E-state index in [0.29, 0.717) is 3.48 Å². The van der Waals surface area contributed by atoms with Crippen LogP contribution >= 0.6 is 0 Å². The molecule has 5 heteroatoms. The van der Waals surface area contributed by atoms with Crippen LogP contribution in [0.2, 0.25) is 0 Å². The molecule has 0 aliphatic rings. The van der Waals surface area contributed by atoms with E-state index in [4.69, 9.17) is 0 Å². The van der Waals surface area contributed by atoms with Gasteiger partial charge in [-0.2, -0.15) is 0 Å². The van der Waals surface area contributed by atoms with Gasteiger partial charge in [-0.25, -0.2) is 0 Å². The quantitative estimate of drug-likeness (QED) is 0.402. The Morgan fingerprint density at radius 2 is 2.00 bits per heavy atom. The Balaban J connectivity index is 0.00000144. The molecule has 1 atom stereocenters. The molecule has 0 radical (unpaired) electrons. The summed E-state index contributed by atoms with van der Waals surface area (Å²) in [6, 6.07) is 6.95. The summed E-state index contributed by atoms with van der Waals surface area (Å²) in [4.78, 5) is 10.2. The Morgan fingerprint density at radius 3 is 2.38 bits per heavy atom. The van der Waals surface area contributed by atoms with Crippen LogP contribution in [-0.2, 0) is 25.8 Å². The van der Waals surface area contributed by atoms with Gasteiger partial charge in [0, 0.05) is 0 Å². The number of nitrogens with zero attached hydrogens (tertiary/aromatic N) is 1. The topological polar surface area (TPSA) is 43.1 Å². The van der Waals surface area contributed by atoms with Gasteiger partial charge in [-0.3, -0.25) is 0 Å². The molecule has 0 bridgehead atoms. The number of nitro benzene ring substituents is 1. The molecule has 0 saturated heterocycles. The molecule has 0 aliphatic heterocycles. The molecule has 1 aromatic rings. The zero-order valence-electron chi connectivity index (χ0n) is 7.24. The van der Waals surface area contributed by atoms with Crippen molar-refractivity contribution in [3.05, 3.63) is 39.9 Å². The largest absolute Gasteiger partial charge is 1.00 e. The molecule has 0 aromatic heterocycles. The van der Waals surface area contributed by atoms with E-state index in [1.165, 1.54) is 0 Å². The molecule has 0 saturated carbocycles. The van der Waals surface area contributed by atoms with E-state index in [2.05, 4.69) is 0 Å². The molecular formula is C8H8BrCdNO2-. The van der Waals surface area contributed by atoms with E-state index in [9.17, 15) is 10.1 Å². The van der Waals surface area contributed by atoms with Gasteiger partial charge in [0.15, 0.2) is 0 Å². The smallest absolute Gasteiger partial charge is 1.00 e. The average molecular weight is 342 g/mol. The molecule has 0 aliphatic carbocycles. The van der Waals surface area contributed by atoms with Gasteiger partial charge in [0.05, 0.1) is 0 Å². The molecule has 1 rings (SSSR count). The van der Waals surface area contributed by atoms with Crippen molar-refractivity contribution < 1.29 is 47.7 Å². The summed E-state index contributed by atoms with van der Waals surface area (Å²) in [6.45, 7) is 2.02. The van der Waals surface area contributed by atoms with Crippen molar-refractivity contribution in [2.75, 3.05) is 0 Å².